The van der Waals surface area contributed by atoms with E-state index in [1.54, 1.807) is 25.2 Å². The lowest BCUT2D eigenvalue weighted by Crippen LogP contribution is -2.39. The molecule has 0 bridgehead atoms. The maximum absolute atomic E-state index is 11.8. The Hall–Kier alpha value is -1.62. The molecule has 0 aliphatic carbocycles. The van der Waals surface area contributed by atoms with Crippen molar-refractivity contribution in [3.8, 4) is 0 Å². The summed E-state index contributed by atoms with van der Waals surface area (Å²) in [5.41, 5.74) is 6.31. The van der Waals surface area contributed by atoms with E-state index in [0.717, 1.165) is 25.2 Å². The zero-order valence-corrected chi connectivity index (χ0v) is 13.0. The van der Waals surface area contributed by atoms with Crippen molar-refractivity contribution in [2.75, 3.05) is 32.1 Å². The number of aromatic nitrogens is 1. The Kier molecular flexibility index (Phi) is 6.45. The summed E-state index contributed by atoms with van der Waals surface area (Å²) in [6.07, 6.45) is 3.75. The topological polar surface area (TPSA) is 62.5 Å². The van der Waals surface area contributed by atoms with Crippen LogP contribution in [0.15, 0.2) is 18.3 Å². The largest absolute Gasteiger partial charge is 0.352 e. The van der Waals surface area contributed by atoms with Crippen molar-refractivity contribution in [3.05, 3.63) is 23.9 Å². The van der Waals surface area contributed by atoms with Crippen LogP contribution < -0.4 is 10.6 Å². The number of carbonyl (C=O) groups is 1. The molecule has 0 fully saturated rings. The van der Waals surface area contributed by atoms with Crippen molar-refractivity contribution < 1.29 is 4.79 Å². The lowest BCUT2D eigenvalue weighted by atomic mass is 10.1. The molecule has 2 N–H and O–H groups in total. The zero-order valence-electron chi connectivity index (χ0n) is 13.0. The molecule has 0 aromatic carbocycles. The summed E-state index contributed by atoms with van der Waals surface area (Å²) < 4.78 is 0. The minimum absolute atomic E-state index is 0.0306. The molecule has 20 heavy (non-hydrogen) atoms. The molecular weight excluding hydrogens is 252 g/mol. The number of rotatable bonds is 7. The monoisotopic (exact) mass is 278 g/mol. The van der Waals surface area contributed by atoms with Gasteiger partial charge in [0.05, 0.1) is 5.56 Å². The number of hydrogen-bond donors (Lipinski definition) is 1. The van der Waals surface area contributed by atoms with E-state index in [0.29, 0.717) is 18.2 Å². The molecule has 112 valence electrons. The second-order valence-electron chi connectivity index (χ2n) is 5.06. The van der Waals surface area contributed by atoms with E-state index in [2.05, 4.69) is 23.7 Å². The van der Waals surface area contributed by atoms with Crippen LogP contribution in [0.4, 0.5) is 5.82 Å². The van der Waals surface area contributed by atoms with Crippen LogP contribution in [0, 0.1) is 0 Å². The van der Waals surface area contributed by atoms with Gasteiger partial charge in [0.25, 0.3) is 5.91 Å². The van der Waals surface area contributed by atoms with Crippen LogP contribution in [-0.4, -0.2) is 49.0 Å². The average molecular weight is 278 g/mol. The Bertz CT molecular complexity index is 412. The lowest BCUT2D eigenvalue weighted by molar-refractivity contribution is 0.0827. The van der Waals surface area contributed by atoms with Crippen molar-refractivity contribution in [1.29, 1.82) is 0 Å². The van der Waals surface area contributed by atoms with Gasteiger partial charge in [-0.3, -0.25) is 4.79 Å². The highest BCUT2D eigenvalue weighted by molar-refractivity contribution is 5.93. The number of pyridine rings is 1. The van der Waals surface area contributed by atoms with Gasteiger partial charge in [-0.15, -0.1) is 0 Å². The second-order valence-corrected chi connectivity index (χ2v) is 5.06. The smallest absolute Gasteiger partial charge is 0.254 e. The first-order valence-corrected chi connectivity index (χ1v) is 7.19. The Morgan fingerprint density at radius 3 is 2.35 bits per heavy atom. The second kappa shape index (κ2) is 7.85. The summed E-state index contributed by atoms with van der Waals surface area (Å²) in [6, 6.07) is 4.17. The van der Waals surface area contributed by atoms with Gasteiger partial charge in [-0.25, -0.2) is 4.98 Å². The summed E-state index contributed by atoms with van der Waals surface area (Å²) in [4.78, 5) is 20.1. The molecule has 1 rings (SSSR count). The van der Waals surface area contributed by atoms with E-state index < -0.39 is 0 Å². The van der Waals surface area contributed by atoms with Crippen LogP contribution in [-0.2, 0) is 0 Å². The predicted octanol–water partition coefficient (Wildman–Crippen LogP) is 1.74. The van der Waals surface area contributed by atoms with Gasteiger partial charge in [-0.05, 0) is 25.0 Å². The number of nitrogens with zero attached hydrogens (tertiary/aromatic N) is 3. The van der Waals surface area contributed by atoms with Crippen LogP contribution >= 0.6 is 0 Å². The van der Waals surface area contributed by atoms with Crippen LogP contribution in [0.5, 0.6) is 0 Å². The number of anilines is 1. The fraction of sp³-hybridized carbons (Fsp3) is 0.600. The van der Waals surface area contributed by atoms with Gasteiger partial charge >= 0.3 is 0 Å². The molecule has 0 saturated carbocycles. The normalized spacial score (nSPS) is 10.7. The predicted molar refractivity (Wildman–Crippen MR) is 83.0 cm³/mol. The van der Waals surface area contributed by atoms with Crippen molar-refractivity contribution >= 4 is 11.7 Å². The van der Waals surface area contributed by atoms with Gasteiger partial charge in [0.2, 0.25) is 0 Å². The lowest BCUT2D eigenvalue weighted by Gasteiger charge is -2.31. The van der Waals surface area contributed by atoms with Crippen LogP contribution in [0.3, 0.4) is 0 Å². The highest BCUT2D eigenvalue weighted by Crippen LogP contribution is 2.18. The summed E-state index contributed by atoms with van der Waals surface area (Å²) in [7, 11) is 3.47. The first-order valence-electron chi connectivity index (χ1n) is 7.19. The van der Waals surface area contributed by atoms with Crippen LogP contribution in [0.2, 0.25) is 0 Å². The number of carbonyl (C=O) groups excluding carboxylic acids is 1. The molecule has 1 aromatic rings. The SMILES string of the molecule is CCC(CC)N(CCN)c1ccc(C(=O)N(C)C)cn1. The maximum atomic E-state index is 11.8. The quantitative estimate of drug-likeness (QED) is 0.825. The summed E-state index contributed by atoms with van der Waals surface area (Å²) >= 11 is 0. The molecule has 0 spiro atoms. The maximum Gasteiger partial charge on any atom is 0.254 e. The van der Waals surface area contributed by atoms with Crippen LogP contribution in [0.1, 0.15) is 37.0 Å². The van der Waals surface area contributed by atoms with E-state index in [9.17, 15) is 4.79 Å². The first-order chi connectivity index (χ1) is 9.54. The third-order valence-electron chi connectivity index (χ3n) is 3.45. The minimum atomic E-state index is -0.0306. The highest BCUT2D eigenvalue weighted by Gasteiger charge is 2.17. The number of hydrogen-bond acceptors (Lipinski definition) is 4. The van der Waals surface area contributed by atoms with E-state index in [1.165, 1.54) is 0 Å². The Labute approximate surface area is 121 Å². The summed E-state index contributed by atoms with van der Waals surface area (Å²) in [5.74, 6) is 0.858. The number of nitrogens with two attached hydrogens (primary N) is 1. The van der Waals surface area contributed by atoms with Gasteiger partial charge in [0.1, 0.15) is 5.82 Å². The van der Waals surface area contributed by atoms with E-state index in [-0.39, 0.29) is 5.91 Å². The molecule has 0 radical (unpaired) electrons. The Balaban J connectivity index is 2.96. The number of amides is 1. The van der Waals surface area contributed by atoms with Gasteiger partial charge < -0.3 is 15.5 Å². The average Bonchev–Trinajstić information content (AvgIpc) is 2.47. The standard InChI is InChI=1S/C15H26N4O/c1-5-13(6-2)19(10-9-16)14-8-7-12(11-17-14)15(20)18(3)4/h7-8,11,13H,5-6,9-10,16H2,1-4H3. The van der Waals surface area contributed by atoms with Gasteiger partial charge in [0, 0.05) is 39.4 Å². The molecule has 1 aromatic heterocycles. The molecule has 5 heteroatoms. The molecule has 1 amide bonds. The fourth-order valence-electron chi connectivity index (χ4n) is 2.29. The summed E-state index contributed by atoms with van der Waals surface area (Å²) in [5, 5.41) is 0. The zero-order chi connectivity index (χ0) is 15.1. The summed E-state index contributed by atoms with van der Waals surface area (Å²) in [6.45, 7) is 5.71. The van der Waals surface area contributed by atoms with Crippen molar-refractivity contribution in [2.24, 2.45) is 5.73 Å². The van der Waals surface area contributed by atoms with Gasteiger partial charge in [-0.1, -0.05) is 13.8 Å². The first kappa shape index (κ1) is 16.4. The highest BCUT2D eigenvalue weighted by atomic mass is 16.2. The third kappa shape index (κ3) is 3.93. The van der Waals surface area contributed by atoms with E-state index in [1.807, 2.05) is 12.1 Å². The van der Waals surface area contributed by atoms with Gasteiger partial charge in [-0.2, -0.15) is 0 Å². The minimum Gasteiger partial charge on any atom is -0.352 e. The van der Waals surface area contributed by atoms with Gasteiger partial charge in [0.15, 0.2) is 0 Å². The van der Waals surface area contributed by atoms with Crippen LogP contribution in [0.25, 0.3) is 0 Å². The Morgan fingerprint density at radius 1 is 1.30 bits per heavy atom. The van der Waals surface area contributed by atoms with Crippen molar-refractivity contribution in [1.82, 2.24) is 9.88 Å². The molecule has 0 aliphatic rings. The molecule has 0 atom stereocenters. The molecule has 5 nitrogen and oxygen atoms in total. The molecule has 1 heterocycles. The van der Waals surface area contributed by atoms with Crippen molar-refractivity contribution in [2.45, 2.75) is 32.7 Å². The fourth-order valence-corrected chi connectivity index (χ4v) is 2.29. The Morgan fingerprint density at radius 2 is 1.95 bits per heavy atom. The molecule has 0 unspecified atom stereocenters. The van der Waals surface area contributed by atoms with E-state index in [4.69, 9.17) is 5.73 Å². The molecular formula is C15H26N4O. The van der Waals surface area contributed by atoms with E-state index >= 15 is 0 Å². The molecule has 0 saturated heterocycles. The van der Waals surface area contributed by atoms with Crippen molar-refractivity contribution in [3.63, 3.8) is 0 Å². The molecule has 0 aliphatic heterocycles. The third-order valence-corrected chi connectivity index (χ3v) is 3.45.